The number of hydrogen-bond acceptors (Lipinski definition) is 1. The van der Waals surface area contributed by atoms with Crippen LogP contribution in [0.1, 0.15) is 59.8 Å². The van der Waals surface area contributed by atoms with Gasteiger partial charge in [-0.2, -0.15) is 0 Å². The molecule has 0 N–H and O–H groups in total. The second-order valence-electron chi connectivity index (χ2n) is 6.77. The average molecular weight is 208 g/mol. The molecule has 1 nitrogen and oxygen atoms in total. The molecular formula is C14H24O. The monoisotopic (exact) mass is 208 g/mol. The van der Waals surface area contributed by atoms with Gasteiger partial charge < -0.3 is 0 Å². The van der Waals surface area contributed by atoms with E-state index >= 15 is 0 Å². The molecule has 0 aliphatic heterocycles. The maximum atomic E-state index is 12.4. The minimum absolute atomic E-state index is 0.235. The summed E-state index contributed by atoms with van der Waals surface area (Å²) in [5, 5.41) is 0. The zero-order valence-corrected chi connectivity index (χ0v) is 10.6. The van der Waals surface area contributed by atoms with Crippen LogP contribution in [0.4, 0.5) is 0 Å². The molecule has 15 heavy (non-hydrogen) atoms. The first kappa shape index (κ1) is 11.2. The van der Waals surface area contributed by atoms with E-state index < -0.39 is 0 Å². The first-order chi connectivity index (χ1) is 6.87. The molecule has 0 aromatic heterocycles. The third kappa shape index (κ3) is 1.64. The Balaban J connectivity index is 2.35. The Hall–Kier alpha value is -0.330. The van der Waals surface area contributed by atoms with Gasteiger partial charge in [-0.1, -0.05) is 34.1 Å². The minimum Gasteiger partial charge on any atom is -0.299 e. The van der Waals surface area contributed by atoms with Crippen LogP contribution in [0.2, 0.25) is 0 Å². The van der Waals surface area contributed by atoms with Crippen LogP contribution >= 0.6 is 0 Å². The van der Waals surface area contributed by atoms with Crippen molar-refractivity contribution in [3.63, 3.8) is 0 Å². The molecule has 2 saturated carbocycles. The summed E-state index contributed by atoms with van der Waals surface area (Å²) < 4.78 is 0. The van der Waals surface area contributed by atoms with Crippen molar-refractivity contribution < 1.29 is 4.79 Å². The highest BCUT2D eigenvalue weighted by Crippen LogP contribution is 2.57. The third-order valence-corrected chi connectivity index (χ3v) is 4.97. The second-order valence-corrected chi connectivity index (χ2v) is 6.77. The van der Waals surface area contributed by atoms with Gasteiger partial charge in [0, 0.05) is 11.8 Å². The average Bonchev–Trinajstić information content (AvgIpc) is 2.10. The van der Waals surface area contributed by atoms with Crippen LogP contribution in [0, 0.1) is 22.7 Å². The molecule has 2 rings (SSSR count). The Morgan fingerprint density at radius 2 is 1.80 bits per heavy atom. The van der Waals surface area contributed by atoms with Crippen LogP contribution in [0.3, 0.4) is 0 Å². The summed E-state index contributed by atoms with van der Waals surface area (Å²) in [6, 6.07) is 0. The molecule has 0 saturated heterocycles. The van der Waals surface area contributed by atoms with Gasteiger partial charge in [-0.25, -0.2) is 0 Å². The summed E-state index contributed by atoms with van der Waals surface area (Å²) in [6.07, 6.45) is 6.17. The zero-order chi connectivity index (χ0) is 11.3. The molecule has 2 fully saturated rings. The minimum atomic E-state index is 0.235. The molecule has 0 aromatic rings. The Labute approximate surface area is 93.6 Å². The second kappa shape index (κ2) is 3.33. The van der Waals surface area contributed by atoms with Gasteiger partial charge in [0.05, 0.1) is 0 Å². The van der Waals surface area contributed by atoms with E-state index in [1.165, 1.54) is 25.7 Å². The van der Waals surface area contributed by atoms with Gasteiger partial charge in [0.1, 0.15) is 5.78 Å². The number of carbonyl (C=O) groups excluding carboxylic acids is 1. The van der Waals surface area contributed by atoms with Crippen molar-refractivity contribution in [2.24, 2.45) is 22.7 Å². The van der Waals surface area contributed by atoms with Crippen LogP contribution < -0.4 is 0 Å². The summed E-state index contributed by atoms with van der Waals surface area (Å²) in [7, 11) is 0. The lowest BCUT2D eigenvalue weighted by atomic mass is 9.50. The van der Waals surface area contributed by atoms with Crippen LogP contribution in [0.15, 0.2) is 0 Å². The van der Waals surface area contributed by atoms with Crippen molar-refractivity contribution in [1.82, 2.24) is 0 Å². The Morgan fingerprint density at radius 3 is 2.47 bits per heavy atom. The van der Waals surface area contributed by atoms with Crippen LogP contribution in [-0.4, -0.2) is 5.78 Å². The molecular weight excluding hydrogens is 184 g/mol. The molecule has 0 amide bonds. The van der Waals surface area contributed by atoms with Gasteiger partial charge >= 0.3 is 0 Å². The lowest BCUT2D eigenvalue weighted by molar-refractivity contribution is -0.146. The Bertz CT molecular complexity index is 279. The van der Waals surface area contributed by atoms with Crippen LogP contribution in [0.5, 0.6) is 0 Å². The fraction of sp³-hybridized carbons (Fsp3) is 0.929. The maximum Gasteiger partial charge on any atom is 0.139 e. The Kier molecular flexibility index (Phi) is 2.48. The van der Waals surface area contributed by atoms with E-state index in [9.17, 15) is 4.79 Å². The van der Waals surface area contributed by atoms with E-state index in [0.717, 1.165) is 6.42 Å². The van der Waals surface area contributed by atoms with Gasteiger partial charge in [-0.15, -0.1) is 0 Å². The lowest BCUT2D eigenvalue weighted by Gasteiger charge is -2.53. The molecule has 0 spiro atoms. The lowest BCUT2D eigenvalue weighted by Crippen LogP contribution is -2.51. The topological polar surface area (TPSA) is 17.1 Å². The quantitative estimate of drug-likeness (QED) is 0.591. The normalized spacial score (nSPS) is 44.9. The molecule has 0 radical (unpaired) electrons. The van der Waals surface area contributed by atoms with Crippen molar-refractivity contribution in [3.05, 3.63) is 0 Å². The summed E-state index contributed by atoms with van der Waals surface area (Å²) >= 11 is 0. The number of rotatable bonds is 0. The summed E-state index contributed by atoms with van der Waals surface area (Å²) in [6.45, 7) is 9.06. The van der Waals surface area contributed by atoms with Crippen LogP contribution in [-0.2, 0) is 4.79 Å². The number of carbonyl (C=O) groups is 1. The van der Waals surface area contributed by atoms with Gasteiger partial charge in [0.25, 0.3) is 0 Å². The molecule has 0 aromatic carbocycles. The van der Waals surface area contributed by atoms with Gasteiger partial charge in [0.15, 0.2) is 0 Å². The zero-order valence-electron chi connectivity index (χ0n) is 10.6. The van der Waals surface area contributed by atoms with E-state index in [4.69, 9.17) is 0 Å². The smallest absolute Gasteiger partial charge is 0.139 e. The van der Waals surface area contributed by atoms with E-state index in [2.05, 4.69) is 27.7 Å². The van der Waals surface area contributed by atoms with Crippen molar-refractivity contribution in [2.75, 3.05) is 0 Å². The highest BCUT2D eigenvalue weighted by molar-refractivity contribution is 5.85. The number of fused-ring (bicyclic) bond motifs is 1. The SMILES string of the molecule is C[C@@H]1CC[C@@]2(C)CCCC(C)(C)C2C1=O. The van der Waals surface area contributed by atoms with Gasteiger partial charge in [0.2, 0.25) is 0 Å². The standard InChI is InChI=1S/C14H24O/c1-10-6-9-14(4)8-5-7-13(2,3)12(14)11(10)15/h10,12H,5-9H2,1-4H3/t10-,12?,14-/m1/s1. The fourth-order valence-electron chi connectivity index (χ4n) is 4.15. The highest BCUT2D eigenvalue weighted by Gasteiger charge is 2.53. The van der Waals surface area contributed by atoms with E-state index in [1.807, 2.05) is 0 Å². The summed E-state index contributed by atoms with van der Waals surface area (Å²) in [4.78, 5) is 12.4. The predicted molar refractivity (Wildman–Crippen MR) is 62.6 cm³/mol. The highest BCUT2D eigenvalue weighted by atomic mass is 16.1. The maximum absolute atomic E-state index is 12.4. The van der Waals surface area contributed by atoms with Gasteiger partial charge in [-0.3, -0.25) is 4.79 Å². The van der Waals surface area contributed by atoms with Crippen molar-refractivity contribution in [2.45, 2.75) is 59.8 Å². The molecule has 2 aliphatic rings. The van der Waals surface area contributed by atoms with Gasteiger partial charge in [-0.05, 0) is 36.5 Å². The van der Waals surface area contributed by atoms with Crippen LogP contribution in [0.25, 0.3) is 0 Å². The fourth-order valence-corrected chi connectivity index (χ4v) is 4.15. The first-order valence-corrected chi connectivity index (χ1v) is 6.41. The van der Waals surface area contributed by atoms with Crippen molar-refractivity contribution >= 4 is 5.78 Å². The number of ketones is 1. The van der Waals surface area contributed by atoms with E-state index in [0.29, 0.717) is 23.0 Å². The Morgan fingerprint density at radius 1 is 1.13 bits per heavy atom. The van der Waals surface area contributed by atoms with Crippen molar-refractivity contribution in [3.8, 4) is 0 Å². The number of Topliss-reactive ketones (excluding diaryl/α,β-unsaturated/α-hetero) is 1. The third-order valence-electron chi connectivity index (χ3n) is 4.97. The molecule has 3 atom stereocenters. The van der Waals surface area contributed by atoms with E-state index in [1.54, 1.807) is 0 Å². The molecule has 0 heterocycles. The first-order valence-electron chi connectivity index (χ1n) is 6.41. The molecule has 0 bridgehead atoms. The molecule has 1 unspecified atom stereocenters. The largest absolute Gasteiger partial charge is 0.299 e. The summed E-state index contributed by atoms with van der Waals surface area (Å²) in [5.74, 6) is 1.18. The predicted octanol–water partition coefficient (Wildman–Crippen LogP) is 3.82. The number of hydrogen-bond donors (Lipinski definition) is 0. The molecule has 2 aliphatic carbocycles. The molecule has 1 heteroatoms. The van der Waals surface area contributed by atoms with Crippen molar-refractivity contribution in [1.29, 1.82) is 0 Å². The summed E-state index contributed by atoms with van der Waals surface area (Å²) in [5.41, 5.74) is 0.546. The van der Waals surface area contributed by atoms with E-state index in [-0.39, 0.29) is 5.41 Å². The molecule has 86 valence electrons.